The summed E-state index contributed by atoms with van der Waals surface area (Å²) in [5, 5.41) is 3.31. The van der Waals surface area contributed by atoms with Gasteiger partial charge in [-0.1, -0.05) is 18.2 Å². The molecule has 0 atom stereocenters. The van der Waals surface area contributed by atoms with E-state index in [9.17, 15) is 0 Å². The molecule has 4 heteroatoms. The number of anilines is 1. The molecule has 3 nitrogen and oxygen atoms in total. The molecule has 1 aliphatic carbocycles. The summed E-state index contributed by atoms with van der Waals surface area (Å²) in [6, 6.07) is 12.5. The van der Waals surface area contributed by atoms with Gasteiger partial charge in [0.25, 0.3) is 0 Å². The van der Waals surface area contributed by atoms with Gasteiger partial charge in [0.15, 0.2) is 0 Å². The molecule has 20 heavy (non-hydrogen) atoms. The van der Waals surface area contributed by atoms with E-state index < -0.39 is 0 Å². The van der Waals surface area contributed by atoms with Gasteiger partial charge in [0.2, 0.25) is 0 Å². The Hall–Kier alpha value is -1.55. The van der Waals surface area contributed by atoms with Crippen molar-refractivity contribution in [3.8, 4) is 0 Å². The van der Waals surface area contributed by atoms with Crippen molar-refractivity contribution in [2.75, 3.05) is 11.9 Å². The fraction of sp³-hybridized carbons (Fsp3) is 0.375. The fourth-order valence-corrected chi connectivity index (χ4v) is 2.88. The van der Waals surface area contributed by atoms with Crippen molar-refractivity contribution >= 4 is 17.6 Å². The summed E-state index contributed by atoms with van der Waals surface area (Å²) in [4.78, 5) is 10.6. The van der Waals surface area contributed by atoms with Crippen LogP contribution in [0.15, 0.2) is 41.3 Å². The Labute approximate surface area is 124 Å². The van der Waals surface area contributed by atoms with Crippen molar-refractivity contribution in [2.24, 2.45) is 0 Å². The molecular weight excluding hydrogens is 266 g/mol. The van der Waals surface area contributed by atoms with Crippen LogP contribution >= 0.6 is 11.8 Å². The molecule has 1 aliphatic rings. The molecule has 1 N–H and O–H groups in total. The minimum absolute atomic E-state index is 0.663. The summed E-state index contributed by atoms with van der Waals surface area (Å²) in [5.74, 6) is 3.38. The topological polar surface area (TPSA) is 37.8 Å². The van der Waals surface area contributed by atoms with E-state index in [1.54, 1.807) is 11.8 Å². The molecule has 0 amide bonds. The van der Waals surface area contributed by atoms with E-state index in [-0.39, 0.29) is 0 Å². The van der Waals surface area contributed by atoms with Gasteiger partial charge < -0.3 is 5.32 Å². The van der Waals surface area contributed by atoms with Crippen LogP contribution in [-0.2, 0) is 5.75 Å². The van der Waals surface area contributed by atoms with Gasteiger partial charge in [0.1, 0.15) is 11.6 Å². The molecule has 1 saturated carbocycles. The first kappa shape index (κ1) is 13.4. The zero-order valence-electron chi connectivity index (χ0n) is 11.7. The second kappa shape index (κ2) is 6.27. The monoisotopic (exact) mass is 285 g/mol. The first-order chi connectivity index (χ1) is 9.85. The summed E-state index contributed by atoms with van der Waals surface area (Å²) in [7, 11) is 0. The third-order valence-electron chi connectivity index (χ3n) is 3.26. The molecule has 0 bridgehead atoms. The summed E-state index contributed by atoms with van der Waals surface area (Å²) >= 11 is 1.79. The standard InChI is InChI=1S/C16H19N3S/c1-2-17-15-10-14(12-8-9-12)18-16(19-15)11-20-13-6-4-3-5-7-13/h3-7,10,12H,2,8-9,11H2,1H3,(H,17,18,19). The second-order valence-corrected chi connectivity index (χ2v) is 6.05. The molecule has 3 rings (SSSR count). The third-order valence-corrected chi connectivity index (χ3v) is 4.26. The number of nitrogens with one attached hydrogen (secondary N) is 1. The highest BCUT2D eigenvalue weighted by Gasteiger charge is 2.26. The van der Waals surface area contributed by atoms with Crippen LogP contribution in [0.1, 0.15) is 37.2 Å². The van der Waals surface area contributed by atoms with Gasteiger partial charge in [-0.05, 0) is 31.9 Å². The van der Waals surface area contributed by atoms with E-state index >= 15 is 0 Å². The van der Waals surface area contributed by atoms with Gasteiger partial charge in [-0.15, -0.1) is 11.8 Å². The van der Waals surface area contributed by atoms with Crippen LogP contribution in [0.4, 0.5) is 5.82 Å². The first-order valence-electron chi connectivity index (χ1n) is 7.14. The first-order valence-corrected chi connectivity index (χ1v) is 8.13. The summed E-state index contributed by atoms with van der Waals surface area (Å²) in [6.45, 7) is 2.99. The largest absolute Gasteiger partial charge is 0.370 e. The maximum atomic E-state index is 4.72. The lowest BCUT2D eigenvalue weighted by Gasteiger charge is -2.08. The molecule has 104 valence electrons. The van der Waals surface area contributed by atoms with Crippen molar-refractivity contribution in [2.45, 2.75) is 36.3 Å². The lowest BCUT2D eigenvalue weighted by Crippen LogP contribution is -2.05. The van der Waals surface area contributed by atoms with Crippen LogP contribution in [0.5, 0.6) is 0 Å². The van der Waals surface area contributed by atoms with Gasteiger partial charge in [-0.25, -0.2) is 9.97 Å². The zero-order chi connectivity index (χ0) is 13.8. The molecule has 1 aromatic heterocycles. The molecule has 1 aromatic carbocycles. The molecule has 1 fully saturated rings. The summed E-state index contributed by atoms with van der Waals surface area (Å²) in [5.41, 5.74) is 1.21. The number of benzene rings is 1. The Bertz CT molecular complexity index is 567. The van der Waals surface area contributed by atoms with E-state index in [4.69, 9.17) is 4.98 Å². The van der Waals surface area contributed by atoms with E-state index in [2.05, 4.69) is 47.6 Å². The van der Waals surface area contributed by atoms with Gasteiger partial charge in [0.05, 0.1) is 5.75 Å². The fourth-order valence-electron chi connectivity index (χ4n) is 2.11. The summed E-state index contributed by atoms with van der Waals surface area (Å²) < 4.78 is 0. The van der Waals surface area contributed by atoms with Crippen LogP contribution in [-0.4, -0.2) is 16.5 Å². The van der Waals surface area contributed by atoms with E-state index in [0.717, 1.165) is 23.9 Å². The Morgan fingerprint density at radius 2 is 2.00 bits per heavy atom. The zero-order valence-corrected chi connectivity index (χ0v) is 12.5. The third kappa shape index (κ3) is 3.51. The number of hydrogen-bond donors (Lipinski definition) is 1. The molecule has 0 unspecified atom stereocenters. The second-order valence-electron chi connectivity index (χ2n) is 5.00. The molecule has 1 heterocycles. The van der Waals surface area contributed by atoms with Crippen molar-refractivity contribution in [1.29, 1.82) is 0 Å². The quantitative estimate of drug-likeness (QED) is 0.812. The average molecular weight is 285 g/mol. The number of nitrogens with zero attached hydrogens (tertiary/aromatic N) is 2. The average Bonchev–Trinajstić information content (AvgIpc) is 3.31. The number of thioether (sulfide) groups is 1. The Morgan fingerprint density at radius 3 is 2.70 bits per heavy atom. The highest BCUT2D eigenvalue weighted by atomic mass is 32.2. The highest BCUT2D eigenvalue weighted by Crippen LogP contribution is 2.39. The normalized spacial score (nSPS) is 14.2. The lowest BCUT2D eigenvalue weighted by atomic mass is 10.2. The van der Waals surface area contributed by atoms with Crippen LogP contribution in [0, 0.1) is 0 Å². The highest BCUT2D eigenvalue weighted by molar-refractivity contribution is 7.98. The molecule has 0 spiro atoms. The van der Waals surface area contributed by atoms with E-state index in [1.807, 2.05) is 6.07 Å². The smallest absolute Gasteiger partial charge is 0.141 e. The van der Waals surface area contributed by atoms with Crippen molar-refractivity contribution in [3.05, 3.63) is 47.9 Å². The van der Waals surface area contributed by atoms with Gasteiger partial charge >= 0.3 is 0 Å². The molecule has 0 aliphatic heterocycles. The molecular formula is C16H19N3S. The van der Waals surface area contributed by atoms with Gasteiger partial charge in [0, 0.05) is 29.1 Å². The number of hydrogen-bond acceptors (Lipinski definition) is 4. The molecule has 2 aromatic rings. The van der Waals surface area contributed by atoms with Crippen LogP contribution in [0.25, 0.3) is 0 Å². The van der Waals surface area contributed by atoms with E-state index in [1.165, 1.54) is 23.4 Å². The maximum Gasteiger partial charge on any atom is 0.141 e. The Morgan fingerprint density at radius 1 is 1.20 bits per heavy atom. The number of aromatic nitrogens is 2. The predicted octanol–water partition coefficient (Wildman–Crippen LogP) is 4.08. The van der Waals surface area contributed by atoms with Gasteiger partial charge in [-0.2, -0.15) is 0 Å². The minimum atomic E-state index is 0.663. The Balaban J connectivity index is 1.74. The lowest BCUT2D eigenvalue weighted by molar-refractivity contribution is 0.928. The van der Waals surface area contributed by atoms with Crippen LogP contribution < -0.4 is 5.32 Å². The van der Waals surface area contributed by atoms with Crippen LogP contribution in [0.2, 0.25) is 0 Å². The van der Waals surface area contributed by atoms with Crippen LogP contribution in [0.3, 0.4) is 0 Å². The molecule has 0 radical (unpaired) electrons. The van der Waals surface area contributed by atoms with Crippen molar-refractivity contribution in [1.82, 2.24) is 9.97 Å². The predicted molar refractivity (Wildman–Crippen MR) is 84.2 cm³/mol. The summed E-state index contributed by atoms with van der Waals surface area (Å²) in [6.07, 6.45) is 2.54. The Kier molecular flexibility index (Phi) is 4.21. The van der Waals surface area contributed by atoms with Crippen molar-refractivity contribution in [3.63, 3.8) is 0 Å². The minimum Gasteiger partial charge on any atom is -0.370 e. The van der Waals surface area contributed by atoms with Gasteiger partial charge in [-0.3, -0.25) is 0 Å². The van der Waals surface area contributed by atoms with Crippen molar-refractivity contribution < 1.29 is 0 Å². The number of rotatable bonds is 6. The molecule has 0 saturated heterocycles. The maximum absolute atomic E-state index is 4.72. The van der Waals surface area contributed by atoms with E-state index in [0.29, 0.717) is 5.92 Å². The SMILES string of the molecule is CCNc1cc(C2CC2)nc(CSc2ccccc2)n1.